The van der Waals surface area contributed by atoms with Gasteiger partial charge in [0.2, 0.25) is 0 Å². The molecule has 0 unspecified atom stereocenters. The molecule has 0 bridgehead atoms. The van der Waals surface area contributed by atoms with Crippen molar-refractivity contribution in [2.75, 3.05) is 19.9 Å². The molecule has 0 aromatic rings. The molecular formula is C6H14FN. The summed E-state index contributed by atoms with van der Waals surface area (Å²) in [5.74, 6) is 0. The van der Waals surface area contributed by atoms with Gasteiger partial charge in [0, 0.05) is 6.54 Å². The van der Waals surface area contributed by atoms with E-state index in [9.17, 15) is 4.39 Å². The van der Waals surface area contributed by atoms with Crippen molar-refractivity contribution in [3.8, 4) is 0 Å². The molecule has 0 aliphatic rings. The first-order chi connectivity index (χ1) is 3.85. The Morgan fingerprint density at radius 2 is 2.00 bits per heavy atom. The van der Waals surface area contributed by atoms with Gasteiger partial charge in [-0.3, -0.25) is 4.90 Å². The van der Waals surface area contributed by atoms with E-state index < -0.39 is 0 Å². The van der Waals surface area contributed by atoms with Crippen molar-refractivity contribution in [1.82, 2.24) is 4.90 Å². The maximum absolute atomic E-state index is 11.8. The van der Waals surface area contributed by atoms with Crippen molar-refractivity contribution in [2.45, 2.75) is 20.3 Å². The molecule has 0 amide bonds. The molecule has 0 aromatic carbocycles. The molecule has 0 spiro atoms. The lowest BCUT2D eigenvalue weighted by molar-refractivity contribution is 0.194. The van der Waals surface area contributed by atoms with Crippen LogP contribution in [0.4, 0.5) is 4.39 Å². The van der Waals surface area contributed by atoms with Gasteiger partial charge in [-0.2, -0.15) is 0 Å². The maximum atomic E-state index is 11.8. The molecule has 0 saturated carbocycles. The highest BCUT2D eigenvalue weighted by Crippen LogP contribution is 1.88. The summed E-state index contributed by atoms with van der Waals surface area (Å²) < 4.78 is 11.8. The Hall–Kier alpha value is -0.110. The first kappa shape index (κ1) is 7.89. The topological polar surface area (TPSA) is 3.24 Å². The Morgan fingerprint density at radius 3 is 2.12 bits per heavy atom. The molecule has 0 rings (SSSR count). The van der Waals surface area contributed by atoms with Crippen LogP contribution in [0.2, 0.25) is 0 Å². The summed E-state index contributed by atoms with van der Waals surface area (Å²) in [5, 5.41) is 0. The number of halogens is 1. The van der Waals surface area contributed by atoms with Gasteiger partial charge < -0.3 is 0 Å². The molecule has 50 valence electrons. The van der Waals surface area contributed by atoms with Gasteiger partial charge in [0.15, 0.2) is 0 Å². The standard InChI is InChI=1S/C6H14FN/c1-3-5-8(4-2)6-7/h3-6H2,1-2H3. The monoisotopic (exact) mass is 119 g/mol. The molecule has 0 aliphatic carbocycles. The zero-order valence-corrected chi connectivity index (χ0v) is 5.65. The molecule has 0 fully saturated rings. The zero-order valence-electron chi connectivity index (χ0n) is 5.65. The minimum Gasteiger partial charge on any atom is -0.277 e. The molecule has 1 nitrogen and oxygen atoms in total. The van der Waals surface area contributed by atoms with E-state index >= 15 is 0 Å². The van der Waals surface area contributed by atoms with Gasteiger partial charge >= 0.3 is 0 Å². The lowest BCUT2D eigenvalue weighted by Gasteiger charge is -2.13. The first-order valence-electron chi connectivity index (χ1n) is 3.13. The third-order valence-electron chi connectivity index (χ3n) is 1.16. The second-order valence-corrected chi connectivity index (χ2v) is 1.83. The lowest BCUT2D eigenvalue weighted by atomic mass is 10.4. The van der Waals surface area contributed by atoms with Gasteiger partial charge in [-0.25, -0.2) is 4.39 Å². The summed E-state index contributed by atoms with van der Waals surface area (Å²) in [6.07, 6.45) is 1.04. The van der Waals surface area contributed by atoms with E-state index in [0.717, 1.165) is 19.5 Å². The summed E-state index contributed by atoms with van der Waals surface area (Å²) in [6.45, 7) is 5.43. The fourth-order valence-electron chi connectivity index (χ4n) is 0.619. The Morgan fingerprint density at radius 1 is 1.38 bits per heavy atom. The van der Waals surface area contributed by atoms with E-state index in [1.165, 1.54) is 0 Å². The fraction of sp³-hybridized carbons (Fsp3) is 1.00. The second-order valence-electron chi connectivity index (χ2n) is 1.83. The summed E-state index contributed by atoms with van der Waals surface area (Å²) in [7, 11) is 0. The molecule has 0 N–H and O–H groups in total. The minimum atomic E-state index is -0.301. The second kappa shape index (κ2) is 5.04. The van der Waals surface area contributed by atoms with Crippen LogP contribution >= 0.6 is 0 Å². The highest BCUT2D eigenvalue weighted by atomic mass is 19.1. The highest BCUT2D eigenvalue weighted by molar-refractivity contribution is 4.44. The van der Waals surface area contributed by atoms with Crippen LogP contribution in [-0.2, 0) is 0 Å². The lowest BCUT2D eigenvalue weighted by Crippen LogP contribution is -2.22. The van der Waals surface area contributed by atoms with E-state index in [1.54, 1.807) is 4.90 Å². The maximum Gasteiger partial charge on any atom is 0.142 e. The van der Waals surface area contributed by atoms with Crippen molar-refractivity contribution in [3.63, 3.8) is 0 Å². The van der Waals surface area contributed by atoms with E-state index in [2.05, 4.69) is 6.92 Å². The van der Waals surface area contributed by atoms with E-state index in [0.29, 0.717) is 0 Å². The van der Waals surface area contributed by atoms with Crippen LogP contribution < -0.4 is 0 Å². The van der Waals surface area contributed by atoms with Crippen LogP contribution in [-0.4, -0.2) is 24.8 Å². The van der Waals surface area contributed by atoms with Crippen LogP contribution in [0.3, 0.4) is 0 Å². The SMILES string of the molecule is CCCN(CC)CF. The normalized spacial score (nSPS) is 10.5. The summed E-state index contributed by atoms with van der Waals surface area (Å²) >= 11 is 0. The molecule has 0 radical (unpaired) electrons. The Labute approximate surface area is 50.5 Å². The molecule has 8 heavy (non-hydrogen) atoms. The van der Waals surface area contributed by atoms with Gasteiger partial charge in [0.25, 0.3) is 0 Å². The van der Waals surface area contributed by atoms with Gasteiger partial charge in [-0.15, -0.1) is 0 Å². The van der Waals surface area contributed by atoms with Crippen LogP contribution in [0.5, 0.6) is 0 Å². The summed E-state index contributed by atoms with van der Waals surface area (Å²) in [4.78, 5) is 1.76. The van der Waals surface area contributed by atoms with Gasteiger partial charge in [-0.05, 0) is 13.0 Å². The average molecular weight is 119 g/mol. The number of hydrogen-bond donors (Lipinski definition) is 0. The highest BCUT2D eigenvalue weighted by Gasteiger charge is 1.95. The van der Waals surface area contributed by atoms with Crippen LogP contribution in [0, 0.1) is 0 Å². The van der Waals surface area contributed by atoms with Gasteiger partial charge in [0.1, 0.15) is 6.80 Å². The largest absolute Gasteiger partial charge is 0.277 e. The number of nitrogens with zero attached hydrogens (tertiary/aromatic N) is 1. The van der Waals surface area contributed by atoms with Crippen molar-refractivity contribution in [1.29, 1.82) is 0 Å². The van der Waals surface area contributed by atoms with Crippen molar-refractivity contribution >= 4 is 0 Å². The predicted octanol–water partition coefficient (Wildman–Crippen LogP) is 1.65. The number of alkyl halides is 1. The van der Waals surface area contributed by atoms with Crippen LogP contribution in [0.25, 0.3) is 0 Å². The van der Waals surface area contributed by atoms with Crippen molar-refractivity contribution < 1.29 is 4.39 Å². The number of rotatable bonds is 4. The van der Waals surface area contributed by atoms with Crippen LogP contribution in [0.15, 0.2) is 0 Å². The van der Waals surface area contributed by atoms with E-state index in [-0.39, 0.29) is 6.80 Å². The molecule has 2 heteroatoms. The van der Waals surface area contributed by atoms with Crippen LogP contribution in [0.1, 0.15) is 20.3 Å². The van der Waals surface area contributed by atoms with E-state index in [1.807, 2.05) is 6.92 Å². The number of hydrogen-bond acceptors (Lipinski definition) is 1. The molecule has 0 saturated heterocycles. The van der Waals surface area contributed by atoms with E-state index in [4.69, 9.17) is 0 Å². The Bertz CT molecular complexity index is 43.8. The fourth-order valence-corrected chi connectivity index (χ4v) is 0.619. The first-order valence-corrected chi connectivity index (χ1v) is 3.13. The summed E-state index contributed by atoms with van der Waals surface area (Å²) in [6, 6.07) is 0. The minimum absolute atomic E-state index is 0.301. The molecule has 0 aliphatic heterocycles. The Kier molecular flexibility index (Phi) is 4.97. The third-order valence-corrected chi connectivity index (χ3v) is 1.16. The third kappa shape index (κ3) is 2.97. The van der Waals surface area contributed by atoms with Crippen molar-refractivity contribution in [3.05, 3.63) is 0 Å². The smallest absolute Gasteiger partial charge is 0.142 e. The van der Waals surface area contributed by atoms with Crippen molar-refractivity contribution in [2.24, 2.45) is 0 Å². The average Bonchev–Trinajstić information content (AvgIpc) is 1.83. The molecule has 0 heterocycles. The molecule has 0 atom stereocenters. The van der Waals surface area contributed by atoms with Gasteiger partial charge in [-0.1, -0.05) is 13.8 Å². The quantitative estimate of drug-likeness (QED) is 0.508. The molecular weight excluding hydrogens is 105 g/mol. The summed E-state index contributed by atoms with van der Waals surface area (Å²) in [5.41, 5.74) is 0. The predicted molar refractivity (Wildman–Crippen MR) is 33.5 cm³/mol. The zero-order chi connectivity index (χ0) is 6.41. The van der Waals surface area contributed by atoms with Gasteiger partial charge in [0.05, 0.1) is 0 Å². The Balaban J connectivity index is 3.07. The molecule has 0 aromatic heterocycles.